The SMILES string of the molecule is CCCn1nncc1C(O)c1snnc1C. The molecule has 2 heterocycles. The summed E-state index contributed by atoms with van der Waals surface area (Å²) in [6.45, 7) is 4.63. The van der Waals surface area contributed by atoms with E-state index in [1.165, 1.54) is 11.5 Å². The standard InChI is InChI=1S/C9H13N5OS/c1-3-4-14-7(5-10-12-14)8(15)9-6(2)11-13-16-9/h5,8,15H,3-4H2,1-2H3. The van der Waals surface area contributed by atoms with Crippen LogP contribution in [0, 0.1) is 6.92 Å². The van der Waals surface area contributed by atoms with Crippen LogP contribution in [0.2, 0.25) is 0 Å². The van der Waals surface area contributed by atoms with Crippen LogP contribution in [0.15, 0.2) is 6.20 Å². The Morgan fingerprint density at radius 2 is 2.38 bits per heavy atom. The zero-order valence-corrected chi connectivity index (χ0v) is 9.98. The number of aliphatic hydroxyl groups is 1. The zero-order chi connectivity index (χ0) is 11.5. The minimum absolute atomic E-state index is 0.691. The monoisotopic (exact) mass is 239 g/mol. The summed E-state index contributed by atoms with van der Waals surface area (Å²) in [6, 6.07) is 0. The number of hydrogen-bond acceptors (Lipinski definition) is 6. The lowest BCUT2D eigenvalue weighted by Crippen LogP contribution is -2.10. The van der Waals surface area contributed by atoms with Gasteiger partial charge in [0, 0.05) is 6.54 Å². The molecule has 7 heteroatoms. The Balaban J connectivity index is 2.30. The normalized spacial score (nSPS) is 12.9. The fourth-order valence-corrected chi connectivity index (χ4v) is 2.13. The van der Waals surface area contributed by atoms with Crippen molar-refractivity contribution >= 4 is 11.5 Å². The summed E-state index contributed by atoms with van der Waals surface area (Å²) in [5, 5.41) is 21.8. The molecule has 16 heavy (non-hydrogen) atoms. The molecule has 2 rings (SSSR count). The number of aryl methyl sites for hydroxylation is 2. The Kier molecular flexibility index (Phi) is 3.25. The Morgan fingerprint density at radius 1 is 1.56 bits per heavy atom. The molecule has 0 aliphatic rings. The van der Waals surface area contributed by atoms with E-state index in [0.717, 1.165) is 23.5 Å². The maximum atomic E-state index is 10.2. The fourth-order valence-electron chi connectivity index (χ4n) is 1.49. The Morgan fingerprint density at radius 3 is 3.00 bits per heavy atom. The lowest BCUT2D eigenvalue weighted by atomic mass is 10.2. The molecule has 0 bridgehead atoms. The van der Waals surface area contributed by atoms with Crippen molar-refractivity contribution in [2.45, 2.75) is 32.9 Å². The molecule has 0 spiro atoms. The topological polar surface area (TPSA) is 76.7 Å². The molecular weight excluding hydrogens is 226 g/mol. The van der Waals surface area contributed by atoms with Crippen molar-refractivity contribution < 1.29 is 5.11 Å². The van der Waals surface area contributed by atoms with E-state index < -0.39 is 6.10 Å². The Bertz CT molecular complexity index is 466. The van der Waals surface area contributed by atoms with E-state index in [2.05, 4.69) is 26.8 Å². The summed E-state index contributed by atoms with van der Waals surface area (Å²) in [4.78, 5) is 0.750. The van der Waals surface area contributed by atoms with Gasteiger partial charge in [-0.25, -0.2) is 4.68 Å². The van der Waals surface area contributed by atoms with E-state index in [9.17, 15) is 5.11 Å². The molecule has 1 unspecified atom stereocenters. The van der Waals surface area contributed by atoms with Crippen LogP contribution >= 0.6 is 11.5 Å². The third-order valence-electron chi connectivity index (χ3n) is 2.30. The van der Waals surface area contributed by atoms with Crippen molar-refractivity contribution in [3.05, 3.63) is 22.5 Å². The zero-order valence-electron chi connectivity index (χ0n) is 9.16. The molecule has 6 nitrogen and oxygen atoms in total. The first-order valence-electron chi connectivity index (χ1n) is 5.09. The highest BCUT2D eigenvalue weighted by Gasteiger charge is 2.20. The van der Waals surface area contributed by atoms with Gasteiger partial charge in [0.05, 0.1) is 22.5 Å². The van der Waals surface area contributed by atoms with Crippen molar-refractivity contribution in [1.82, 2.24) is 24.6 Å². The molecule has 86 valence electrons. The molecular formula is C9H13N5OS. The Hall–Kier alpha value is -1.34. The van der Waals surface area contributed by atoms with Crippen LogP contribution in [0.3, 0.4) is 0 Å². The highest BCUT2D eigenvalue weighted by atomic mass is 32.1. The molecule has 2 aromatic heterocycles. The minimum Gasteiger partial charge on any atom is -0.381 e. The second-order valence-electron chi connectivity index (χ2n) is 3.51. The smallest absolute Gasteiger partial charge is 0.135 e. The number of aromatic nitrogens is 5. The van der Waals surface area contributed by atoms with Gasteiger partial charge in [-0.2, -0.15) is 0 Å². The lowest BCUT2D eigenvalue weighted by Gasteiger charge is -2.09. The summed E-state index contributed by atoms with van der Waals surface area (Å²) in [7, 11) is 0. The van der Waals surface area contributed by atoms with Gasteiger partial charge in [0.2, 0.25) is 0 Å². The largest absolute Gasteiger partial charge is 0.381 e. The van der Waals surface area contributed by atoms with E-state index in [-0.39, 0.29) is 0 Å². The van der Waals surface area contributed by atoms with Gasteiger partial charge in [0.1, 0.15) is 6.10 Å². The highest BCUT2D eigenvalue weighted by Crippen LogP contribution is 2.25. The molecule has 0 aromatic carbocycles. The summed E-state index contributed by atoms with van der Waals surface area (Å²) < 4.78 is 5.52. The van der Waals surface area contributed by atoms with Crippen molar-refractivity contribution in [2.75, 3.05) is 0 Å². The van der Waals surface area contributed by atoms with Crippen molar-refractivity contribution in [1.29, 1.82) is 0 Å². The van der Waals surface area contributed by atoms with Crippen LogP contribution in [0.1, 0.15) is 35.7 Å². The molecule has 0 amide bonds. The van der Waals surface area contributed by atoms with Gasteiger partial charge in [-0.1, -0.05) is 16.6 Å². The summed E-state index contributed by atoms with van der Waals surface area (Å²) in [6.07, 6.45) is 1.80. The molecule has 0 saturated carbocycles. The summed E-state index contributed by atoms with van der Waals surface area (Å²) >= 11 is 1.20. The van der Waals surface area contributed by atoms with Crippen LogP contribution in [0.25, 0.3) is 0 Å². The maximum Gasteiger partial charge on any atom is 0.135 e. The van der Waals surface area contributed by atoms with E-state index in [1.54, 1.807) is 10.9 Å². The molecule has 2 aromatic rings. The third kappa shape index (κ3) is 1.96. The van der Waals surface area contributed by atoms with Crippen LogP contribution in [0.5, 0.6) is 0 Å². The van der Waals surface area contributed by atoms with Gasteiger partial charge >= 0.3 is 0 Å². The molecule has 0 aliphatic heterocycles. The summed E-state index contributed by atoms with van der Waals surface area (Å²) in [5.74, 6) is 0. The first-order valence-corrected chi connectivity index (χ1v) is 5.86. The average Bonchev–Trinajstić information content (AvgIpc) is 2.87. The predicted octanol–water partition coefficient (Wildman–Crippen LogP) is 0.930. The number of hydrogen-bond donors (Lipinski definition) is 1. The van der Waals surface area contributed by atoms with Gasteiger partial charge < -0.3 is 5.11 Å². The molecule has 0 fully saturated rings. The van der Waals surface area contributed by atoms with Crippen LogP contribution in [0.4, 0.5) is 0 Å². The van der Waals surface area contributed by atoms with Gasteiger partial charge in [0.15, 0.2) is 0 Å². The van der Waals surface area contributed by atoms with E-state index in [0.29, 0.717) is 5.69 Å². The Labute approximate surface area is 97.1 Å². The number of rotatable bonds is 4. The first-order chi connectivity index (χ1) is 7.74. The number of aliphatic hydroxyl groups excluding tert-OH is 1. The average molecular weight is 239 g/mol. The van der Waals surface area contributed by atoms with Crippen LogP contribution in [-0.4, -0.2) is 29.7 Å². The van der Waals surface area contributed by atoms with E-state index in [1.807, 2.05) is 6.92 Å². The second-order valence-corrected chi connectivity index (χ2v) is 4.29. The number of nitrogens with zero attached hydrogens (tertiary/aromatic N) is 5. The molecule has 1 atom stereocenters. The van der Waals surface area contributed by atoms with Gasteiger partial charge in [0.25, 0.3) is 0 Å². The van der Waals surface area contributed by atoms with Gasteiger partial charge in [-0.15, -0.1) is 10.2 Å². The third-order valence-corrected chi connectivity index (χ3v) is 3.18. The molecule has 0 saturated heterocycles. The fraction of sp³-hybridized carbons (Fsp3) is 0.556. The van der Waals surface area contributed by atoms with Crippen LogP contribution in [-0.2, 0) is 6.54 Å². The first kappa shape index (κ1) is 11.2. The minimum atomic E-state index is -0.735. The quantitative estimate of drug-likeness (QED) is 0.858. The van der Waals surface area contributed by atoms with Gasteiger partial charge in [-0.05, 0) is 24.9 Å². The van der Waals surface area contributed by atoms with Crippen molar-refractivity contribution in [3.8, 4) is 0 Å². The molecule has 0 radical (unpaired) electrons. The molecule has 0 aliphatic carbocycles. The van der Waals surface area contributed by atoms with Gasteiger partial charge in [-0.3, -0.25) is 0 Å². The lowest BCUT2D eigenvalue weighted by molar-refractivity contribution is 0.210. The maximum absolute atomic E-state index is 10.2. The van der Waals surface area contributed by atoms with E-state index in [4.69, 9.17) is 0 Å². The predicted molar refractivity (Wildman–Crippen MR) is 59.0 cm³/mol. The highest BCUT2D eigenvalue weighted by molar-refractivity contribution is 7.05. The second kappa shape index (κ2) is 4.67. The van der Waals surface area contributed by atoms with Crippen LogP contribution < -0.4 is 0 Å². The molecule has 1 N–H and O–H groups in total. The van der Waals surface area contributed by atoms with Crippen molar-refractivity contribution in [3.63, 3.8) is 0 Å². The van der Waals surface area contributed by atoms with E-state index >= 15 is 0 Å². The summed E-state index contributed by atoms with van der Waals surface area (Å²) in [5.41, 5.74) is 1.44. The van der Waals surface area contributed by atoms with Crippen molar-refractivity contribution in [2.24, 2.45) is 0 Å².